The highest BCUT2D eigenvalue weighted by Crippen LogP contribution is 2.33. The lowest BCUT2D eigenvalue weighted by Gasteiger charge is -2.17. The SMILES string of the molecule is Cc1cc(C#N)cc(C)c1Oc1nc(N(Cl)c2ccc(C#N)cc2)ncc1N. The predicted molar refractivity (Wildman–Crippen MR) is 106 cm³/mol. The van der Waals surface area contributed by atoms with Crippen molar-refractivity contribution in [2.45, 2.75) is 13.8 Å². The number of aromatic nitrogens is 2. The minimum Gasteiger partial charge on any atom is -0.436 e. The van der Waals surface area contributed by atoms with E-state index in [9.17, 15) is 0 Å². The normalized spacial score (nSPS) is 10.0. The number of aryl methyl sites for hydroxylation is 2. The standard InChI is InChI=1S/C20H15ClN6O/c1-12-7-15(10-23)8-13(2)18(12)28-19-17(24)11-25-20(26-19)27(21)16-5-3-14(9-22)4-6-16/h3-8,11H,24H2,1-2H3. The van der Waals surface area contributed by atoms with Crippen molar-refractivity contribution in [3.05, 3.63) is 64.8 Å². The Morgan fingerprint density at radius 3 is 2.21 bits per heavy atom. The summed E-state index contributed by atoms with van der Waals surface area (Å²) < 4.78 is 7.16. The van der Waals surface area contributed by atoms with Gasteiger partial charge >= 0.3 is 0 Å². The molecule has 0 atom stereocenters. The van der Waals surface area contributed by atoms with Crippen molar-refractivity contribution in [1.29, 1.82) is 10.5 Å². The lowest BCUT2D eigenvalue weighted by atomic mass is 10.1. The molecule has 0 spiro atoms. The monoisotopic (exact) mass is 390 g/mol. The van der Waals surface area contributed by atoms with Crippen LogP contribution in [0.1, 0.15) is 22.3 Å². The zero-order valence-electron chi connectivity index (χ0n) is 15.1. The van der Waals surface area contributed by atoms with Crippen LogP contribution in [0.25, 0.3) is 0 Å². The number of nitrogen functional groups attached to an aromatic ring is 1. The molecule has 0 fully saturated rings. The second kappa shape index (κ2) is 7.83. The number of hydrogen-bond donors (Lipinski definition) is 1. The van der Waals surface area contributed by atoms with Gasteiger partial charge in [-0.1, -0.05) is 0 Å². The summed E-state index contributed by atoms with van der Waals surface area (Å²) in [4.78, 5) is 8.46. The molecular formula is C20H15ClN6O. The highest BCUT2D eigenvalue weighted by Gasteiger charge is 2.16. The Hall–Kier alpha value is -3.81. The summed E-state index contributed by atoms with van der Waals surface area (Å²) in [6, 6.07) is 14.3. The van der Waals surface area contributed by atoms with E-state index in [0.717, 1.165) is 11.1 Å². The molecule has 0 aliphatic rings. The first-order chi connectivity index (χ1) is 13.4. The Morgan fingerprint density at radius 1 is 1.04 bits per heavy atom. The Bertz CT molecular complexity index is 1090. The van der Waals surface area contributed by atoms with Crippen LogP contribution in [0.3, 0.4) is 0 Å². The van der Waals surface area contributed by atoms with Crippen molar-refractivity contribution in [2.24, 2.45) is 0 Å². The third kappa shape index (κ3) is 3.80. The topological polar surface area (TPSA) is 112 Å². The van der Waals surface area contributed by atoms with Crippen LogP contribution in [0.4, 0.5) is 17.3 Å². The number of benzene rings is 2. The average molecular weight is 391 g/mol. The molecule has 0 amide bonds. The van der Waals surface area contributed by atoms with E-state index in [2.05, 4.69) is 16.0 Å². The van der Waals surface area contributed by atoms with Gasteiger partial charge in [-0.15, -0.1) is 0 Å². The summed E-state index contributed by atoms with van der Waals surface area (Å²) in [7, 11) is 0. The number of anilines is 3. The molecule has 0 aliphatic carbocycles. The number of halogens is 1. The summed E-state index contributed by atoms with van der Waals surface area (Å²) in [6.07, 6.45) is 1.41. The fourth-order valence-electron chi connectivity index (χ4n) is 2.60. The van der Waals surface area contributed by atoms with Gasteiger partial charge in [0.1, 0.15) is 11.4 Å². The zero-order chi connectivity index (χ0) is 20.3. The molecule has 3 rings (SSSR count). The van der Waals surface area contributed by atoms with Crippen molar-refractivity contribution in [3.8, 4) is 23.8 Å². The minimum atomic E-state index is 0.153. The van der Waals surface area contributed by atoms with Gasteiger partial charge < -0.3 is 10.5 Å². The first-order valence-electron chi connectivity index (χ1n) is 8.20. The van der Waals surface area contributed by atoms with Gasteiger partial charge in [-0.2, -0.15) is 15.5 Å². The van der Waals surface area contributed by atoms with E-state index in [-0.39, 0.29) is 17.5 Å². The van der Waals surface area contributed by atoms with Crippen LogP contribution in [0.2, 0.25) is 0 Å². The lowest BCUT2D eigenvalue weighted by molar-refractivity contribution is 0.458. The van der Waals surface area contributed by atoms with Crippen molar-refractivity contribution < 1.29 is 4.74 Å². The molecule has 1 aromatic heterocycles. The van der Waals surface area contributed by atoms with Crippen LogP contribution < -0.4 is 14.9 Å². The molecule has 2 aromatic carbocycles. The highest BCUT2D eigenvalue weighted by molar-refractivity contribution is 6.28. The number of nitriles is 2. The molecule has 2 N–H and O–H groups in total. The van der Waals surface area contributed by atoms with Crippen LogP contribution in [0.15, 0.2) is 42.6 Å². The Labute approximate surface area is 167 Å². The minimum absolute atomic E-state index is 0.153. The van der Waals surface area contributed by atoms with E-state index in [4.69, 9.17) is 32.8 Å². The largest absolute Gasteiger partial charge is 0.436 e. The van der Waals surface area contributed by atoms with E-state index >= 15 is 0 Å². The molecular weight excluding hydrogens is 376 g/mol. The van der Waals surface area contributed by atoms with Crippen molar-refractivity contribution in [2.75, 3.05) is 10.2 Å². The van der Waals surface area contributed by atoms with E-state index in [1.54, 1.807) is 36.4 Å². The Balaban J connectivity index is 1.94. The predicted octanol–water partition coefficient (Wildman–Crippen LogP) is 4.50. The molecule has 3 aromatic rings. The molecule has 0 bridgehead atoms. The molecule has 1 heterocycles. The summed E-state index contributed by atoms with van der Waals surface area (Å²) >= 11 is 6.35. The molecule has 0 saturated heterocycles. The maximum atomic E-state index is 9.08. The van der Waals surface area contributed by atoms with Crippen LogP contribution in [0.5, 0.6) is 11.6 Å². The Kier molecular flexibility index (Phi) is 5.30. The molecule has 8 heteroatoms. The number of hydrogen-bond acceptors (Lipinski definition) is 7. The van der Waals surface area contributed by atoms with Gasteiger partial charge in [0.2, 0.25) is 11.8 Å². The van der Waals surface area contributed by atoms with Crippen molar-refractivity contribution in [1.82, 2.24) is 9.97 Å². The second-order valence-corrected chi connectivity index (χ2v) is 6.36. The van der Waals surface area contributed by atoms with Gasteiger partial charge in [-0.25, -0.2) is 9.40 Å². The van der Waals surface area contributed by atoms with Crippen molar-refractivity contribution in [3.63, 3.8) is 0 Å². The zero-order valence-corrected chi connectivity index (χ0v) is 15.9. The van der Waals surface area contributed by atoms with Gasteiger partial charge in [0, 0.05) is 11.8 Å². The molecule has 0 aliphatic heterocycles. The summed E-state index contributed by atoms with van der Waals surface area (Å²) in [6.45, 7) is 3.68. The summed E-state index contributed by atoms with van der Waals surface area (Å²) in [5.41, 5.74) is 9.43. The van der Waals surface area contributed by atoms with Gasteiger partial charge in [0.05, 0.1) is 35.1 Å². The summed E-state index contributed by atoms with van der Waals surface area (Å²) in [5, 5.41) is 18.0. The fourth-order valence-corrected chi connectivity index (χ4v) is 2.79. The molecule has 28 heavy (non-hydrogen) atoms. The molecule has 0 unspecified atom stereocenters. The number of ether oxygens (including phenoxy) is 1. The number of rotatable bonds is 4. The maximum Gasteiger partial charge on any atom is 0.248 e. The lowest BCUT2D eigenvalue weighted by Crippen LogP contribution is -2.08. The van der Waals surface area contributed by atoms with Crippen LogP contribution >= 0.6 is 11.8 Å². The van der Waals surface area contributed by atoms with E-state index in [1.807, 2.05) is 19.9 Å². The molecule has 0 radical (unpaired) electrons. The van der Waals surface area contributed by atoms with Gasteiger partial charge in [0.25, 0.3) is 0 Å². The Morgan fingerprint density at radius 2 is 1.64 bits per heavy atom. The highest BCUT2D eigenvalue weighted by atomic mass is 35.5. The van der Waals surface area contributed by atoms with Gasteiger partial charge in [-0.05, 0) is 61.4 Å². The maximum absolute atomic E-state index is 9.08. The first-order valence-corrected chi connectivity index (χ1v) is 8.54. The van der Waals surface area contributed by atoms with Crippen LogP contribution in [0, 0.1) is 36.5 Å². The molecule has 7 nitrogen and oxygen atoms in total. The number of nitrogens with zero attached hydrogens (tertiary/aromatic N) is 5. The molecule has 138 valence electrons. The number of nitrogens with two attached hydrogens (primary N) is 1. The second-order valence-electron chi connectivity index (χ2n) is 6.02. The third-order valence-electron chi connectivity index (χ3n) is 3.95. The smallest absolute Gasteiger partial charge is 0.248 e. The van der Waals surface area contributed by atoms with E-state index < -0.39 is 0 Å². The first kappa shape index (κ1) is 19.0. The van der Waals surface area contributed by atoms with Gasteiger partial charge in [0.15, 0.2) is 0 Å². The van der Waals surface area contributed by atoms with Gasteiger partial charge in [-0.3, -0.25) is 0 Å². The quantitative estimate of drug-likeness (QED) is 0.652. The van der Waals surface area contributed by atoms with Crippen LogP contribution in [-0.4, -0.2) is 9.97 Å². The van der Waals surface area contributed by atoms with Crippen LogP contribution in [-0.2, 0) is 0 Å². The molecule has 0 saturated carbocycles. The van der Waals surface area contributed by atoms with E-state index in [0.29, 0.717) is 22.6 Å². The van der Waals surface area contributed by atoms with Crippen molar-refractivity contribution >= 4 is 29.1 Å². The fraction of sp³-hybridized carbons (Fsp3) is 0.100. The summed E-state index contributed by atoms with van der Waals surface area (Å²) in [5.74, 6) is 0.884. The average Bonchev–Trinajstić information content (AvgIpc) is 2.71. The third-order valence-corrected chi connectivity index (χ3v) is 4.30. The van der Waals surface area contributed by atoms with E-state index in [1.165, 1.54) is 10.6 Å².